The number of rotatable bonds is 2. The maximum absolute atomic E-state index is 11.3. The number of nitrogens with zero attached hydrogens (tertiary/aromatic N) is 1. The molecule has 1 heterocycles. The zero-order valence-electron chi connectivity index (χ0n) is 10.1. The lowest BCUT2D eigenvalue weighted by Gasteiger charge is -2.27. The van der Waals surface area contributed by atoms with Crippen LogP contribution >= 0.6 is 0 Å². The second kappa shape index (κ2) is 4.57. The first-order valence-corrected chi connectivity index (χ1v) is 5.74. The molecule has 0 aromatic heterocycles. The molecule has 2 amide bonds. The summed E-state index contributed by atoms with van der Waals surface area (Å²) in [5, 5.41) is 2.30. The summed E-state index contributed by atoms with van der Waals surface area (Å²) in [6, 6.07) is 7.98. The van der Waals surface area contributed by atoms with E-state index in [1.54, 1.807) is 4.90 Å². The summed E-state index contributed by atoms with van der Waals surface area (Å²) in [6.07, 6.45) is 0. The Morgan fingerprint density at radius 1 is 1.18 bits per heavy atom. The molecule has 0 radical (unpaired) electrons. The highest BCUT2D eigenvalue weighted by Crippen LogP contribution is 2.21. The molecular formula is C13H16N2O2. The predicted octanol–water partition coefficient (Wildman–Crippen LogP) is 1.27. The zero-order valence-corrected chi connectivity index (χ0v) is 10.1. The lowest BCUT2D eigenvalue weighted by Crippen LogP contribution is -2.51. The van der Waals surface area contributed by atoms with Gasteiger partial charge in [0.1, 0.15) is 0 Å². The first kappa shape index (κ1) is 11.6. The van der Waals surface area contributed by atoms with Crippen LogP contribution in [0.25, 0.3) is 0 Å². The molecule has 1 saturated heterocycles. The number of amides is 2. The Balaban J connectivity index is 2.24. The van der Waals surface area contributed by atoms with Gasteiger partial charge < -0.3 is 4.90 Å². The highest BCUT2D eigenvalue weighted by molar-refractivity contribution is 6.02. The van der Waals surface area contributed by atoms with Gasteiger partial charge in [-0.25, -0.2) is 0 Å². The summed E-state index contributed by atoms with van der Waals surface area (Å²) < 4.78 is 0. The number of imide groups is 1. The standard InChI is InChI=1S/C13H16N2O2/c1-9(2)10-4-3-5-11(6-10)15-7-12(16)14-13(17)8-15/h3-6,9H,7-8H2,1-2H3,(H,14,16,17). The summed E-state index contributed by atoms with van der Waals surface area (Å²) in [5.74, 6) is -0.0448. The van der Waals surface area contributed by atoms with Gasteiger partial charge in [-0.15, -0.1) is 0 Å². The quantitative estimate of drug-likeness (QED) is 0.781. The Bertz CT molecular complexity index is 438. The predicted molar refractivity (Wildman–Crippen MR) is 65.9 cm³/mol. The molecule has 0 atom stereocenters. The van der Waals surface area contributed by atoms with Gasteiger partial charge in [0.05, 0.1) is 13.1 Å². The van der Waals surface area contributed by atoms with Gasteiger partial charge >= 0.3 is 0 Å². The van der Waals surface area contributed by atoms with Crippen molar-refractivity contribution in [2.45, 2.75) is 19.8 Å². The van der Waals surface area contributed by atoms with Crippen LogP contribution in [0.4, 0.5) is 5.69 Å². The fraction of sp³-hybridized carbons (Fsp3) is 0.385. The van der Waals surface area contributed by atoms with Gasteiger partial charge in [0.25, 0.3) is 0 Å². The SMILES string of the molecule is CC(C)c1cccc(N2CC(=O)NC(=O)C2)c1. The molecule has 1 N–H and O–H groups in total. The van der Waals surface area contributed by atoms with Crippen LogP contribution in [0.1, 0.15) is 25.3 Å². The molecular weight excluding hydrogens is 216 g/mol. The monoisotopic (exact) mass is 232 g/mol. The third kappa shape index (κ3) is 2.64. The van der Waals surface area contributed by atoms with Crippen LogP contribution in [-0.4, -0.2) is 24.9 Å². The van der Waals surface area contributed by atoms with E-state index >= 15 is 0 Å². The van der Waals surface area contributed by atoms with Crippen molar-refractivity contribution < 1.29 is 9.59 Å². The summed E-state index contributed by atoms with van der Waals surface area (Å²) in [5.41, 5.74) is 2.14. The third-order valence-corrected chi connectivity index (χ3v) is 2.85. The molecule has 1 aliphatic heterocycles. The summed E-state index contributed by atoms with van der Waals surface area (Å²) in [7, 11) is 0. The van der Waals surface area contributed by atoms with Crippen LogP contribution in [0.15, 0.2) is 24.3 Å². The van der Waals surface area contributed by atoms with E-state index in [2.05, 4.69) is 25.2 Å². The van der Waals surface area contributed by atoms with Gasteiger partial charge in [0.15, 0.2) is 0 Å². The van der Waals surface area contributed by atoms with Crippen LogP contribution in [-0.2, 0) is 9.59 Å². The van der Waals surface area contributed by atoms with Crippen LogP contribution < -0.4 is 10.2 Å². The molecule has 4 heteroatoms. The number of hydrogen-bond acceptors (Lipinski definition) is 3. The number of benzene rings is 1. The minimum Gasteiger partial charge on any atom is -0.353 e. The summed E-state index contributed by atoms with van der Waals surface area (Å²) >= 11 is 0. The highest BCUT2D eigenvalue weighted by Gasteiger charge is 2.22. The minimum absolute atomic E-state index is 0.240. The van der Waals surface area contributed by atoms with E-state index in [4.69, 9.17) is 0 Å². The molecule has 1 aromatic rings. The minimum atomic E-state index is -0.240. The lowest BCUT2D eigenvalue weighted by molar-refractivity contribution is -0.130. The molecule has 0 saturated carbocycles. The van der Waals surface area contributed by atoms with Crippen molar-refractivity contribution in [3.8, 4) is 0 Å². The second-order valence-corrected chi connectivity index (χ2v) is 4.58. The van der Waals surface area contributed by atoms with E-state index in [-0.39, 0.29) is 24.9 Å². The number of carbonyl (C=O) groups is 2. The van der Waals surface area contributed by atoms with E-state index in [0.717, 1.165) is 5.69 Å². The molecule has 0 bridgehead atoms. The van der Waals surface area contributed by atoms with Crippen molar-refractivity contribution in [3.05, 3.63) is 29.8 Å². The lowest BCUT2D eigenvalue weighted by atomic mass is 10.0. The normalized spacial score (nSPS) is 16.3. The van der Waals surface area contributed by atoms with Gasteiger partial charge in [0.2, 0.25) is 11.8 Å². The number of nitrogens with one attached hydrogen (secondary N) is 1. The van der Waals surface area contributed by atoms with E-state index in [0.29, 0.717) is 5.92 Å². The van der Waals surface area contributed by atoms with Gasteiger partial charge in [-0.1, -0.05) is 26.0 Å². The van der Waals surface area contributed by atoms with Gasteiger partial charge in [0, 0.05) is 5.69 Å². The maximum Gasteiger partial charge on any atom is 0.246 e. The molecule has 0 aliphatic carbocycles. The first-order chi connectivity index (χ1) is 8.06. The number of carbonyl (C=O) groups excluding carboxylic acids is 2. The zero-order chi connectivity index (χ0) is 12.4. The molecule has 1 fully saturated rings. The van der Waals surface area contributed by atoms with Crippen LogP contribution in [0.5, 0.6) is 0 Å². The third-order valence-electron chi connectivity index (χ3n) is 2.85. The van der Waals surface area contributed by atoms with Crippen molar-refractivity contribution in [1.29, 1.82) is 0 Å². The van der Waals surface area contributed by atoms with E-state index in [9.17, 15) is 9.59 Å². The van der Waals surface area contributed by atoms with Crippen molar-refractivity contribution in [2.75, 3.05) is 18.0 Å². The van der Waals surface area contributed by atoms with Gasteiger partial charge in [-0.3, -0.25) is 14.9 Å². The molecule has 0 unspecified atom stereocenters. The van der Waals surface area contributed by atoms with E-state index < -0.39 is 0 Å². The van der Waals surface area contributed by atoms with Crippen molar-refractivity contribution >= 4 is 17.5 Å². The Hall–Kier alpha value is -1.84. The van der Waals surface area contributed by atoms with Crippen molar-refractivity contribution in [3.63, 3.8) is 0 Å². The largest absolute Gasteiger partial charge is 0.353 e. The van der Waals surface area contributed by atoms with Gasteiger partial charge in [-0.05, 0) is 23.6 Å². The Morgan fingerprint density at radius 2 is 1.82 bits per heavy atom. The molecule has 17 heavy (non-hydrogen) atoms. The number of anilines is 1. The molecule has 90 valence electrons. The van der Waals surface area contributed by atoms with E-state index in [1.165, 1.54) is 5.56 Å². The van der Waals surface area contributed by atoms with Crippen LogP contribution in [0.2, 0.25) is 0 Å². The van der Waals surface area contributed by atoms with Crippen LogP contribution in [0.3, 0.4) is 0 Å². The van der Waals surface area contributed by atoms with E-state index in [1.807, 2.05) is 18.2 Å². The molecule has 0 spiro atoms. The number of piperazine rings is 1. The first-order valence-electron chi connectivity index (χ1n) is 5.74. The fourth-order valence-electron chi connectivity index (χ4n) is 1.90. The molecule has 1 aliphatic rings. The average molecular weight is 232 g/mol. The van der Waals surface area contributed by atoms with Crippen LogP contribution in [0, 0.1) is 0 Å². The Kier molecular flexibility index (Phi) is 3.13. The Labute approximate surface area is 101 Å². The maximum atomic E-state index is 11.3. The summed E-state index contributed by atoms with van der Waals surface area (Å²) in [4.78, 5) is 24.4. The Morgan fingerprint density at radius 3 is 2.41 bits per heavy atom. The summed E-state index contributed by atoms with van der Waals surface area (Å²) in [6.45, 7) is 4.72. The van der Waals surface area contributed by atoms with Crippen molar-refractivity contribution in [1.82, 2.24) is 5.32 Å². The smallest absolute Gasteiger partial charge is 0.246 e. The average Bonchev–Trinajstić information content (AvgIpc) is 2.28. The van der Waals surface area contributed by atoms with Crippen molar-refractivity contribution in [2.24, 2.45) is 0 Å². The number of hydrogen-bond donors (Lipinski definition) is 1. The fourth-order valence-corrected chi connectivity index (χ4v) is 1.90. The topological polar surface area (TPSA) is 49.4 Å². The molecule has 4 nitrogen and oxygen atoms in total. The van der Waals surface area contributed by atoms with Gasteiger partial charge in [-0.2, -0.15) is 0 Å². The second-order valence-electron chi connectivity index (χ2n) is 4.58. The highest BCUT2D eigenvalue weighted by atomic mass is 16.2. The molecule has 1 aromatic carbocycles. The molecule has 2 rings (SSSR count).